The predicted octanol–water partition coefficient (Wildman–Crippen LogP) is 2.32. The van der Waals surface area contributed by atoms with Crippen molar-refractivity contribution in [2.75, 3.05) is 0 Å². The highest BCUT2D eigenvalue weighted by Crippen LogP contribution is 2.20. The summed E-state index contributed by atoms with van der Waals surface area (Å²) >= 11 is 9.57. The maximum Gasteiger partial charge on any atom is 0.192 e. The summed E-state index contributed by atoms with van der Waals surface area (Å²) in [6, 6.07) is 7.67. The van der Waals surface area contributed by atoms with Crippen LogP contribution in [0.2, 0.25) is 5.02 Å². The maximum absolute atomic E-state index is 6.13. The molecule has 0 spiro atoms. The summed E-state index contributed by atoms with van der Waals surface area (Å²) in [5.41, 5.74) is 1.00. The van der Waals surface area contributed by atoms with Gasteiger partial charge in [0, 0.05) is 11.2 Å². The van der Waals surface area contributed by atoms with Gasteiger partial charge < -0.3 is 0 Å². The largest absolute Gasteiger partial charge is 0.265 e. The van der Waals surface area contributed by atoms with Crippen molar-refractivity contribution in [3.63, 3.8) is 0 Å². The SMILES string of the molecule is Clc1ccccc1Cn1cc(Br)c(-n2cnnn2)n1. The van der Waals surface area contributed by atoms with E-state index in [2.05, 4.69) is 36.6 Å². The molecular formula is C11H8BrClN6. The Kier molecular flexibility index (Phi) is 3.31. The van der Waals surface area contributed by atoms with Gasteiger partial charge in [-0.2, -0.15) is 9.78 Å². The number of halogens is 2. The second kappa shape index (κ2) is 5.10. The zero-order valence-electron chi connectivity index (χ0n) is 9.61. The van der Waals surface area contributed by atoms with Crippen molar-refractivity contribution in [2.24, 2.45) is 0 Å². The Labute approximate surface area is 122 Å². The summed E-state index contributed by atoms with van der Waals surface area (Å²) in [4.78, 5) is 0. The normalized spacial score (nSPS) is 10.8. The molecule has 0 atom stereocenters. The molecule has 0 fully saturated rings. The molecule has 0 radical (unpaired) electrons. The van der Waals surface area contributed by atoms with Gasteiger partial charge in [-0.05, 0) is 38.0 Å². The minimum Gasteiger partial charge on any atom is -0.265 e. The van der Waals surface area contributed by atoms with Crippen LogP contribution in [-0.4, -0.2) is 30.0 Å². The molecule has 1 aromatic carbocycles. The van der Waals surface area contributed by atoms with Gasteiger partial charge in [-0.3, -0.25) is 4.68 Å². The molecule has 0 unspecified atom stereocenters. The molecule has 0 saturated heterocycles. The van der Waals surface area contributed by atoms with Crippen LogP contribution in [-0.2, 0) is 6.54 Å². The summed E-state index contributed by atoms with van der Waals surface area (Å²) in [5.74, 6) is 0.636. The van der Waals surface area contributed by atoms with Crippen molar-refractivity contribution in [3.05, 3.63) is 51.8 Å². The predicted molar refractivity (Wildman–Crippen MR) is 73.2 cm³/mol. The van der Waals surface area contributed by atoms with Crippen LogP contribution >= 0.6 is 27.5 Å². The first-order valence-electron chi connectivity index (χ1n) is 5.44. The van der Waals surface area contributed by atoms with Gasteiger partial charge in [0.1, 0.15) is 6.33 Å². The lowest BCUT2D eigenvalue weighted by atomic mass is 10.2. The molecule has 2 heterocycles. The molecule has 2 aromatic heterocycles. The smallest absolute Gasteiger partial charge is 0.192 e. The van der Waals surface area contributed by atoms with E-state index in [1.54, 1.807) is 4.68 Å². The van der Waals surface area contributed by atoms with Gasteiger partial charge in [0.15, 0.2) is 5.82 Å². The van der Waals surface area contributed by atoms with Gasteiger partial charge in [-0.25, -0.2) is 0 Å². The molecule has 3 aromatic rings. The first-order chi connectivity index (χ1) is 9.24. The van der Waals surface area contributed by atoms with Gasteiger partial charge in [-0.15, -0.1) is 5.10 Å². The van der Waals surface area contributed by atoms with Crippen LogP contribution in [0.15, 0.2) is 41.3 Å². The summed E-state index contributed by atoms with van der Waals surface area (Å²) in [7, 11) is 0. The lowest BCUT2D eigenvalue weighted by Gasteiger charge is -2.03. The van der Waals surface area contributed by atoms with Gasteiger partial charge in [0.05, 0.1) is 11.0 Å². The zero-order valence-corrected chi connectivity index (χ0v) is 12.0. The Bertz CT molecular complexity index is 693. The van der Waals surface area contributed by atoms with Crippen LogP contribution in [0, 0.1) is 0 Å². The van der Waals surface area contributed by atoms with Gasteiger partial charge >= 0.3 is 0 Å². The molecule has 0 saturated carbocycles. The van der Waals surface area contributed by atoms with E-state index in [0.29, 0.717) is 12.4 Å². The fraction of sp³-hybridized carbons (Fsp3) is 0.0909. The second-order valence-corrected chi connectivity index (χ2v) is 5.11. The van der Waals surface area contributed by atoms with E-state index < -0.39 is 0 Å². The fourth-order valence-corrected chi connectivity index (χ4v) is 2.38. The maximum atomic E-state index is 6.13. The van der Waals surface area contributed by atoms with E-state index in [4.69, 9.17) is 11.6 Å². The molecule has 8 heteroatoms. The molecule has 0 amide bonds. The van der Waals surface area contributed by atoms with Crippen molar-refractivity contribution in [1.82, 2.24) is 30.0 Å². The number of hydrogen-bond donors (Lipinski definition) is 0. The number of rotatable bonds is 3. The summed E-state index contributed by atoms with van der Waals surface area (Å²) in [5, 5.41) is 16.1. The first kappa shape index (κ1) is 12.3. The Morgan fingerprint density at radius 1 is 1.26 bits per heavy atom. The average Bonchev–Trinajstić information content (AvgIpc) is 3.01. The highest BCUT2D eigenvalue weighted by molar-refractivity contribution is 9.10. The number of hydrogen-bond acceptors (Lipinski definition) is 4. The van der Waals surface area contributed by atoms with Gasteiger partial charge in [-0.1, -0.05) is 29.8 Å². The standard InChI is InChI=1S/C11H8BrClN6/c12-9-6-18(5-8-3-1-2-4-10(8)13)15-11(9)19-7-14-16-17-19/h1-4,6-7H,5H2. The lowest BCUT2D eigenvalue weighted by molar-refractivity contribution is 0.663. The Balaban J connectivity index is 1.91. The summed E-state index contributed by atoms with van der Waals surface area (Å²) < 4.78 is 4.09. The number of tetrazole rings is 1. The van der Waals surface area contributed by atoms with Crippen molar-refractivity contribution in [3.8, 4) is 5.82 Å². The number of nitrogens with zero attached hydrogens (tertiary/aromatic N) is 6. The van der Waals surface area contributed by atoms with Crippen LogP contribution in [0.25, 0.3) is 5.82 Å². The topological polar surface area (TPSA) is 61.4 Å². The molecule has 96 valence electrons. The van der Waals surface area contributed by atoms with E-state index >= 15 is 0 Å². The highest BCUT2D eigenvalue weighted by Gasteiger charge is 2.10. The monoisotopic (exact) mass is 338 g/mol. The van der Waals surface area contributed by atoms with Crippen LogP contribution in [0.1, 0.15) is 5.56 Å². The molecule has 3 rings (SSSR count). The van der Waals surface area contributed by atoms with E-state index in [1.807, 2.05) is 30.5 Å². The molecule has 0 aliphatic carbocycles. The first-order valence-corrected chi connectivity index (χ1v) is 6.61. The third-order valence-electron chi connectivity index (χ3n) is 2.56. The minimum absolute atomic E-state index is 0.584. The van der Waals surface area contributed by atoms with E-state index in [9.17, 15) is 0 Å². The second-order valence-electron chi connectivity index (χ2n) is 3.84. The zero-order chi connectivity index (χ0) is 13.2. The molecule has 0 aliphatic heterocycles. The van der Waals surface area contributed by atoms with E-state index in [-0.39, 0.29) is 0 Å². The van der Waals surface area contributed by atoms with Crippen molar-refractivity contribution < 1.29 is 0 Å². The number of aromatic nitrogens is 6. The fourth-order valence-electron chi connectivity index (χ4n) is 1.68. The Morgan fingerprint density at radius 3 is 2.84 bits per heavy atom. The molecule has 0 bridgehead atoms. The minimum atomic E-state index is 0.584. The third-order valence-corrected chi connectivity index (χ3v) is 3.48. The van der Waals surface area contributed by atoms with Crippen LogP contribution < -0.4 is 0 Å². The Hall–Kier alpha value is -1.73. The number of benzene rings is 1. The van der Waals surface area contributed by atoms with E-state index in [1.165, 1.54) is 11.0 Å². The Morgan fingerprint density at radius 2 is 2.11 bits per heavy atom. The summed E-state index contributed by atoms with van der Waals surface area (Å²) in [6.07, 6.45) is 3.35. The van der Waals surface area contributed by atoms with Crippen LogP contribution in [0.4, 0.5) is 0 Å². The van der Waals surface area contributed by atoms with Crippen molar-refractivity contribution >= 4 is 27.5 Å². The highest BCUT2D eigenvalue weighted by atomic mass is 79.9. The van der Waals surface area contributed by atoms with Crippen molar-refractivity contribution in [2.45, 2.75) is 6.54 Å². The lowest BCUT2D eigenvalue weighted by Crippen LogP contribution is -2.03. The molecule has 19 heavy (non-hydrogen) atoms. The third kappa shape index (κ3) is 2.52. The van der Waals surface area contributed by atoms with Gasteiger partial charge in [0.25, 0.3) is 0 Å². The molecular weight excluding hydrogens is 332 g/mol. The van der Waals surface area contributed by atoms with Crippen molar-refractivity contribution in [1.29, 1.82) is 0 Å². The van der Waals surface area contributed by atoms with Gasteiger partial charge in [0.2, 0.25) is 0 Å². The van der Waals surface area contributed by atoms with E-state index in [0.717, 1.165) is 15.1 Å². The molecule has 0 aliphatic rings. The molecule has 6 nitrogen and oxygen atoms in total. The van der Waals surface area contributed by atoms with Crippen LogP contribution in [0.5, 0.6) is 0 Å². The van der Waals surface area contributed by atoms with Crippen LogP contribution in [0.3, 0.4) is 0 Å². The quantitative estimate of drug-likeness (QED) is 0.735. The summed E-state index contributed by atoms with van der Waals surface area (Å²) in [6.45, 7) is 0.584. The average molecular weight is 340 g/mol. The molecule has 0 N–H and O–H groups in total.